The van der Waals surface area contributed by atoms with Crippen LogP contribution in [0.4, 0.5) is 5.95 Å². The summed E-state index contributed by atoms with van der Waals surface area (Å²) in [7, 11) is 0. The van der Waals surface area contributed by atoms with Crippen molar-refractivity contribution in [2.75, 3.05) is 31.3 Å². The Labute approximate surface area is 218 Å². The van der Waals surface area contributed by atoms with Crippen LogP contribution in [-0.2, 0) is 16.0 Å². The number of anilines is 1. The summed E-state index contributed by atoms with van der Waals surface area (Å²) >= 11 is 6.42. The molecule has 5 rings (SSSR count). The summed E-state index contributed by atoms with van der Waals surface area (Å²) in [6.45, 7) is 10.2. The first kappa shape index (κ1) is 25.0. The molecule has 1 aromatic carbocycles. The molecule has 2 aromatic heterocycles. The maximum Gasteiger partial charge on any atom is 0.208 e. The number of ether oxygens (including phenoxy) is 2. The molecule has 1 aliphatic heterocycles. The van der Waals surface area contributed by atoms with Gasteiger partial charge in [0.1, 0.15) is 11.2 Å². The quantitative estimate of drug-likeness (QED) is 0.353. The van der Waals surface area contributed by atoms with Gasteiger partial charge in [0.25, 0.3) is 0 Å². The van der Waals surface area contributed by atoms with E-state index in [1.54, 1.807) is 12.3 Å². The summed E-state index contributed by atoms with van der Waals surface area (Å²) in [5.41, 5.74) is 3.48. The maximum atomic E-state index is 6.42. The van der Waals surface area contributed by atoms with Crippen LogP contribution < -0.4 is 4.90 Å². The van der Waals surface area contributed by atoms with Gasteiger partial charge in [-0.2, -0.15) is 4.98 Å². The van der Waals surface area contributed by atoms with Crippen LogP contribution in [0.25, 0.3) is 28.5 Å². The van der Waals surface area contributed by atoms with E-state index in [2.05, 4.69) is 29.4 Å². The Bertz CT molecular complexity index is 1220. The molecule has 0 bridgehead atoms. The van der Waals surface area contributed by atoms with Crippen LogP contribution in [0.1, 0.15) is 52.3 Å². The number of benzene rings is 1. The van der Waals surface area contributed by atoms with Gasteiger partial charge < -0.3 is 18.9 Å². The molecule has 3 aromatic rings. The lowest BCUT2D eigenvalue weighted by molar-refractivity contribution is 0.0976. The van der Waals surface area contributed by atoms with Gasteiger partial charge in [0.15, 0.2) is 11.5 Å². The monoisotopic (exact) mass is 509 g/mol. The summed E-state index contributed by atoms with van der Waals surface area (Å²) in [6, 6.07) is 8.12. The third-order valence-electron chi connectivity index (χ3n) is 7.38. The average Bonchev–Trinajstić information content (AvgIpc) is 3.23. The van der Waals surface area contributed by atoms with Gasteiger partial charge in [0, 0.05) is 29.8 Å². The number of aromatic nitrogens is 4. The molecule has 192 valence electrons. The first-order valence-electron chi connectivity index (χ1n) is 13.2. The molecule has 1 saturated heterocycles. The van der Waals surface area contributed by atoms with Gasteiger partial charge in [0.2, 0.25) is 5.95 Å². The number of morpholine rings is 1. The molecule has 0 unspecified atom stereocenters. The molecule has 8 heteroatoms. The second-order valence-corrected chi connectivity index (χ2v) is 10.6. The Morgan fingerprint density at radius 2 is 1.97 bits per heavy atom. The molecule has 2 aliphatic rings. The Morgan fingerprint density at radius 3 is 2.72 bits per heavy atom. The van der Waals surface area contributed by atoms with E-state index in [9.17, 15) is 0 Å². The minimum Gasteiger partial charge on any atom is -0.501 e. The lowest BCUT2D eigenvalue weighted by Crippen LogP contribution is -2.45. The molecule has 3 heterocycles. The predicted octanol–water partition coefficient (Wildman–Crippen LogP) is 6.21. The Morgan fingerprint density at radius 1 is 1.14 bits per heavy atom. The number of fused-ring (bicyclic) bond motifs is 1. The maximum absolute atomic E-state index is 6.42. The van der Waals surface area contributed by atoms with Gasteiger partial charge in [-0.05, 0) is 50.7 Å². The van der Waals surface area contributed by atoms with E-state index in [-0.39, 0.29) is 6.04 Å². The van der Waals surface area contributed by atoms with Crippen molar-refractivity contribution in [1.82, 2.24) is 19.5 Å². The predicted molar refractivity (Wildman–Crippen MR) is 145 cm³/mol. The third kappa shape index (κ3) is 5.37. The van der Waals surface area contributed by atoms with Crippen LogP contribution >= 0.6 is 11.6 Å². The fourth-order valence-electron chi connectivity index (χ4n) is 5.34. The van der Waals surface area contributed by atoms with E-state index >= 15 is 0 Å². The van der Waals surface area contributed by atoms with Crippen molar-refractivity contribution in [1.29, 1.82) is 0 Å². The van der Waals surface area contributed by atoms with Crippen molar-refractivity contribution >= 4 is 34.8 Å². The Balaban J connectivity index is 1.69. The highest BCUT2D eigenvalue weighted by Gasteiger charge is 2.29. The molecular formula is C28H36ClN5O2. The van der Waals surface area contributed by atoms with Gasteiger partial charge in [-0.3, -0.25) is 0 Å². The first-order valence-corrected chi connectivity index (χ1v) is 13.6. The number of rotatable bonds is 7. The van der Waals surface area contributed by atoms with Gasteiger partial charge in [0.05, 0.1) is 32.1 Å². The van der Waals surface area contributed by atoms with E-state index in [0.717, 1.165) is 41.7 Å². The lowest BCUT2D eigenvalue weighted by Gasteiger charge is -2.35. The van der Waals surface area contributed by atoms with Crippen LogP contribution in [-0.4, -0.2) is 51.9 Å². The SMILES string of the molecule is CCOC=Cc1nc(-c2cccc(Cl)c2)c2c(n1)nc(N1CCOC[C@H]1C)n2CC1CCC(C)CC1. The molecule has 1 saturated carbocycles. The second kappa shape index (κ2) is 11.2. The van der Waals surface area contributed by atoms with E-state index in [1.165, 1.54) is 25.7 Å². The van der Waals surface area contributed by atoms with Crippen molar-refractivity contribution in [2.45, 2.75) is 59.0 Å². The standard InChI is InChI=1S/C28H36ClN5O2/c1-4-35-14-12-24-30-25(22-6-5-7-23(29)16-22)26-27(31-24)32-28(33-13-15-36-18-20(33)3)34(26)17-21-10-8-19(2)9-11-21/h5-7,12,14,16,19-21H,4,8-11,13,15,17-18H2,1-3H3/t19?,20-,21?/m1/s1. The Kier molecular flexibility index (Phi) is 7.77. The molecule has 0 spiro atoms. The van der Waals surface area contributed by atoms with Crippen LogP contribution in [0.2, 0.25) is 5.02 Å². The van der Waals surface area contributed by atoms with Gasteiger partial charge in [-0.1, -0.05) is 43.5 Å². The summed E-state index contributed by atoms with van der Waals surface area (Å²) in [6.07, 6.45) is 8.49. The van der Waals surface area contributed by atoms with E-state index in [4.69, 9.17) is 36.0 Å². The van der Waals surface area contributed by atoms with Gasteiger partial charge in [-0.15, -0.1) is 0 Å². The molecule has 0 N–H and O–H groups in total. The fourth-order valence-corrected chi connectivity index (χ4v) is 5.53. The van der Waals surface area contributed by atoms with Crippen molar-refractivity contribution in [3.63, 3.8) is 0 Å². The van der Waals surface area contributed by atoms with Crippen molar-refractivity contribution in [3.05, 3.63) is 41.4 Å². The molecule has 1 atom stereocenters. The highest BCUT2D eigenvalue weighted by Crippen LogP contribution is 2.36. The van der Waals surface area contributed by atoms with Crippen molar-refractivity contribution < 1.29 is 9.47 Å². The van der Waals surface area contributed by atoms with Crippen LogP contribution in [0.5, 0.6) is 0 Å². The zero-order valence-corrected chi connectivity index (χ0v) is 22.2. The fraction of sp³-hybridized carbons (Fsp3) is 0.536. The number of halogens is 1. The highest BCUT2D eigenvalue weighted by molar-refractivity contribution is 6.30. The van der Waals surface area contributed by atoms with Crippen LogP contribution in [0.15, 0.2) is 30.5 Å². The van der Waals surface area contributed by atoms with E-state index in [0.29, 0.717) is 42.2 Å². The number of imidazole rings is 1. The van der Waals surface area contributed by atoms with E-state index < -0.39 is 0 Å². The zero-order valence-electron chi connectivity index (χ0n) is 21.5. The number of hydrogen-bond donors (Lipinski definition) is 0. The molecule has 0 amide bonds. The first-order chi connectivity index (χ1) is 17.5. The second-order valence-electron chi connectivity index (χ2n) is 10.1. The summed E-state index contributed by atoms with van der Waals surface area (Å²) in [5, 5.41) is 0.681. The summed E-state index contributed by atoms with van der Waals surface area (Å²) in [5.74, 6) is 2.95. The summed E-state index contributed by atoms with van der Waals surface area (Å²) < 4.78 is 13.6. The number of hydrogen-bond acceptors (Lipinski definition) is 6. The Hall–Kier alpha value is -2.64. The van der Waals surface area contributed by atoms with Crippen molar-refractivity contribution in [2.24, 2.45) is 11.8 Å². The average molecular weight is 510 g/mol. The lowest BCUT2D eigenvalue weighted by atomic mass is 9.83. The molecule has 2 fully saturated rings. The highest BCUT2D eigenvalue weighted by atomic mass is 35.5. The zero-order chi connectivity index (χ0) is 25.1. The minimum atomic E-state index is 0.237. The molecule has 1 aliphatic carbocycles. The molecule has 0 radical (unpaired) electrons. The van der Waals surface area contributed by atoms with Crippen LogP contribution in [0, 0.1) is 11.8 Å². The molecular weight excluding hydrogens is 474 g/mol. The third-order valence-corrected chi connectivity index (χ3v) is 7.61. The summed E-state index contributed by atoms with van der Waals surface area (Å²) in [4.78, 5) is 17.4. The van der Waals surface area contributed by atoms with Gasteiger partial charge in [-0.25, -0.2) is 9.97 Å². The smallest absolute Gasteiger partial charge is 0.208 e. The largest absolute Gasteiger partial charge is 0.501 e. The molecule has 7 nitrogen and oxygen atoms in total. The topological polar surface area (TPSA) is 65.3 Å². The van der Waals surface area contributed by atoms with Gasteiger partial charge >= 0.3 is 0 Å². The van der Waals surface area contributed by atoms with E-state index in [1.807, 2.05) is 25.1 Å². The van der Waals surface area contributed by atoms with Crippen LogP contribution in [0.3, 0.4) is 0 Å². The molecule has 36 heavy (non-hydrogen) atoms. The normalized spacial score (nSPS) is 23.0. The number of nitrogens with zero attached hydrogens (tertiary/aromatic N) is 5. The minimum absolute atomic E-state index is 0.237. The van der Waals surface area contributed by atoms with Crippen molar-refractivity contribution in [3.8, 4) is 11.3 Å².